The van der Waals surface area contributed by atoms with Gasteiger partial charge in [-0.25, -0.2) is 9.97 Å². The number of carbonyl (C=O) groups excluding carboxylic acids is 1. The zero-order chi connectivity index (χ0) is 14.3. The maximum Gasteiger partial charge on any atom is 0.534 e. The van der Waals surface area contributed by atoms with Crippen LogP contribution >= 0.6 is 0 Å². The van der Waals surface area contributed by atoms with Crippen molar-refractivity contribution in [1.29, 1.82) is 0 Å². The SMILES string of the molecule is CC(=O)Nc1ccnc(B2OC(C)(C)C(C)(C)O2)n1. The van der Waals surface area contributed by atoms with Crippen molar-refractivity contribution >= 4 is 24.6 Å². The molecule has 0 bridgehead atoms. The highest BCUT2D eigenvalue weighted by atomic mass is 16.7. The first-order valence-electron chi connectivity index (χ1n) is 6.17. The van der Waals surface area contributed by atoms with Gasteiger partial charge in [-0.15, -0.1) is 0 Å². The van der Waals surface area contributed by atoms with Crippen LogP contribution in [0.15, 0.2) is 12.3 Å². The number of amides is 1. The molecular formula is C12H18BN3O3. The van der Waals surface area contributed by atoms with Crippen LogP contribution in [0.25, 0.3) is 0 Å². The van der Waals surface area contributed by atoms with Crippen molar-refractivity contribution in [2.45, 2.75) is 45.8 Å². The summed E-state index contributed by atoms with van der Waals surface area (Å²) in [5.41, 5.74) is -0.472. The third kappa shape index (κ3) is 2.77. The number of hydrogen-bond donors (Lipinski definition) is 1. The summed E-state index contributed by atoms with van der Waals surface area (Å²) in [6.45, 7) is 9.28. The van der Waals surface area contributed by atoms with E-state index in [0.717, 1.165) is 0 Å². The molecule has 2 heterocycles. The lowest BCUT2D eigenvalue weighted by molar-refractivity contribution is -0.114. The van der Waals surface area contributed by atoms with E-state index in [4.69, 9.17) is 9.31 Å². The van der Waals surface area contributed by atoms with E-state index in [1.807, 2.05) is 27.7 Å². The quantitative estimate of drug-likeness (QED) is 0.796. The topological polar surface area (TPSA) is 73.3 Å². The van der Waals surface area contributed by atoms with Gasteiger partial charge in [-0.3, -0.25) is 4.79 Å². The molecule has 0 radical (unpaired) electrons. The Kier molecular flexibility index (Phi) is 3.36. The third-order valence-electron chi connectivity index (χ3n) is 3.44. The molecule has 0 aliphatic carbocycles. The van der Waals surface area contributed by atoms with Gasteiger partial charge < -0.3 is 14.6 Å². The first-order valence-corrected chi connectivity index (χ1v) is 6.17. The zero-order valence-electron chi connectivity index (χ0n) is 11.9. The fourth-order valence-electron chi connectivity index (χ4n) is 1.69. The molecule has 19 heavy (non-hydrogen) atoms. The predicted molar refractivity (Wildman–Crippen MR) is 72.1 cm³/mol. The average Bonchev–Trinajstić information content (AvgIpc) is 2.47. The number of hydrogen-bond acceptors (Lipinski definition) is 5. The number of aromatic nitrogens is 2. The summed E-state index contributed by atoms with van der Waals surface area (Å²) >= 11 is 0. The van der Waals surface area contributed by atoms with Gasteiger partial charge in [0.25, 0.3) is 0 Å². The average molecular weight is 263 g/mol. The normalized spacial score (nSPS) is 20.4. The number of carbonyl (C=O) groups is 1. The molecule has 0 spiro atoms. The largest absolute Gasteiger partial charge is 0.534 e. The van der Waals surface area contributed by atoms with Crippen molar-refractivity contribution in [2.24, 2.45) is 0 Å². The molecule has 1 saturated heterocycles. The molecule has 0 atom stereocenters. The smallest absolute Gasteiger partial charge is 0.397 e. The molecule has 1 amide bonds. The minimum Gasteiger partial charge on any atom is -0.397 e. The number of nitrogens with one attached hydrogen (secondary N) is 1. The first kappa shape index (κ1) is 14.0. The van der Waals surface area contributed by atoms with E-state index in [1.165, 1.54) is 6.92 Å². The van der Waals surface area contributed by atoms with Crippen LogP contribution < -0.4 is 11.0 Å². The lowest BCUT2D eigenvalue weighted by Gasteiger charge is -2.32. The van der Waals surface area contributed by atoms with Gasteiger partial charge in [-0.2, -0.15) is 0 Å². The Morgan fingerprint density at radius 1 is 1.26 bits per heavy atom. The highest BCUT2D eigenvalue weighted by Gasteiger charge is 2.53. The molecular weight excluding hydrogens is 245 g/mol. The summed E-state index contributed by atoms with van der Waals surface area (Å²) in [5, 5.41) is 2.61. The van der Waals surface area contributed by atoms with Crippen molar-refractivity contribution in [3.8, 4) is 0 Å². The molecule has 0 saturated carbocycles. The van der Waals surface area contributed by atoms with Crippen LogP contribution in [0.4, 0.5) is 5.82 Å². The predicted octanol–water partition coefficient (Wildman–Crippen LogP) is 0.734. The maximum atomic E-state index is 11.0. The lowest BCUT2D eigenvalue weighted by atomic mass is 9.89. The molecule has 1 fully saturated rings. The van der Waals surface area contributed by atoms with Gasteiger partial charge in [-0.05, 0) is 33.8 Å². The van der Waals surface area contributed by atoms with Gasteiger partial charge in [0.2, 0.25) is 5.91 Å². The van der Waals surface area contributed by atoms with Crippen LogP contribution in [0, 0.1) is 0 Å². The Balaban J connectivity index is 2.22. The second kappa shape index (κ2) is 4.57. The molecule has 102 valence electrons. The summed E-state index contributed by atoms with van der Waals surface area (Å²) < 4.78 is 11.7. The van der Waals surface area contributed by atoms with Gasteiger partial charge in [0.1, 0.15) is 5.82 Å². The Morgan fingerprint density at radius 2 is 1.84 bits per heavy atom. The van der Waals surface area contributed by atoms with Crippen molar-refractivity contribution in [3.05, 3.63) is 12.3 Å². The Labute approximate surface area is 113 Å². The van der Waals surface area contributed by atoms with E-state index in [2.05, 4.69) is 15.3 Å². The number of nitrogens with zero attached hydrogens (tertiary/aromatic N) is 2. The van der Waals surface area contributed by atoms with E-state index in [-0.39, 0.29) is 5.91 Å². The summed E-state index contributed by atoms with van der Waals surface area (Å²) in [5.74, 6) is 0.255. The molecule has 0 unspecified atom stereocenters. The van der Waals surface area contributed by atoms with Gasteiger partial charge in [0.05, 0.1) is 11.2 Å². The van der Waals surface area contributed by atoms with Crippen molar-refractivity contribution in [1.82, 2.24) is 9.97 Å². The van der Waals surface area contributed by atoms with Crippen LogP contribution in [0.2, 0.25) is 0 Å². The van der Waals surface area contributed by atoms with Crippen LogP contribution in [0.3, 0.4) is 0 Å². The van der Waals surface area contributed by atoms with Crippen molar-refractivity contribution < 1.29 is 14.1 Å². The monoisotopic (exact) mass is 263 g/mol. The van der Waals surface area contributed by atoms with Crippen LogP contribution in [-0.2, 0) is 14.1 Å². The van der Waals surface area contributed by atoms with Gasteiger partial charge in [-0.1, -0.05) is 0 Å². The zero-order valence-corrected chi connectivity index (χ0v) is 11.9. The Morgan fingerprint density at radius 3 is 2.37 bits per heavy atom. The first-order chi connectivity index (χ1) is 8.71. The van der Waals surface area contributed by atoms with E-state index in [1.54, 1.807) is 12.3 Å². The lowest BCUT2D eigenvalue weighted by Crippen LogP contribution is -2.41. The fourth-order valence-corrected chi connectivity index (χ4v) is 1.69. The molecule has 1 aromatic heterocycles. The second-order valence-electron chi connectivity index (χ2n) is 5.57. The van der Waals surface area contributed by atoms with Crippen LogP contribution in [0.5, 0.6) is 0 Å². The summed E-state index contributed by atoms with van der Waals surface area (Å²) in [4.78, 5) is 19.4. The number of rotatable bonds is 2. The van der Waals surface area contributed by atoms with Crippen LogP contribution in [-0.4, -0.2) is 34.2 Å². The molecule has 1 aliphatic heterocycles. The number of anilines is 1. The van der Waals surface area contributed by atoms with E-state index in [9.17, 15) is 4.79 Å². The van der Waals surface area contributed by atoms with Crippen molar-refractivity contribution in [3.63, 3.8) is 0 Å². The van der Waals surface area contributed by atoms with E-state index >= 15 is 0 Å². The third-order valence-corrected chi connectivity index (χ3v) is 3.44. The minimum absolute atomic E-state index is 0.182. The standard InChI is InChI=1S/C12H18BN3O3/c1-8(17)15-9-6-7-14-10(16-9)13-18-11(2,3)12(4,5)19-13/h6-7H,1-5H3,(H,14,15,16,17). The summed E-state index contributed by atoms with van der Waals surface area (Å²) in [7, 11) is -0.626. The van der Waals surface area contributed by atoms with Crippen molar-refractivity contribution in [2.75, 3.05) is 5.32 Å². The maximum absolute atomic E-state index is 11.0. The highest BCUT2D eigenvalue weighted by molar-refractivity contribution is 6.60. The second-order valence-corrected chi connectivity index (χ2v) is 5.57. The molecule has 2 rings (SSSR count). The Hall–Kier alpha value is -1.47. The summed E-state index contributed by atoms with van der Waals surface area (Å²) in [6, 6.07) is 1.62. The van der Waals surface area contributed by atoms with E-state index in [0.29, 0.717) is 11.5 Å². The Bertz CT molecular complexity index is 489. The highest BCUT2D eigenvalue weighted by Crippen LogP contribution is 2.36. The van der Waals surface area contributed by atoms with Gasteiger partial charge >= 0.3 is 7.12 Å². The molecule has 1 N–H and O–H groups in total. The molecule has 6 nitrogen and oxygen atoms in total. The van der Waals surface area contributed by atoms with Gasteiger partial charge in [0.15, 0.2) is 5.72 Å². The van der Waals surface area contributed by atoms with Gasteiger partial charge in [0, 0.05) is 13.1 Å². The summed E-state index contributed by atoms with van der Waals surface area (Å²) in [6.07, 6.45) is 1.57. The molecule has 1 aromatic rings. The molecule has 7 heteroatoms. The van der Waals surface area contributed by atoms with E-state index < -0.39 is 18.3 Å². The molecule has 1 aliphatic rings. The fraction of sp³-hybridized carbons (Fsp3) is 0.583. The minimum atomic E-state index is -0.626. The van der Waals surface area contributed by atoms with Crippen LogP contribution in [0.1, 0.15) is 34.6 Å². The molecule has 0 aromatic carbocycles.